The molecule has 0 aromatic carbocycles. The van der Waals surface area contributed by atoms with Gasteiger partial charge >= 0.3 is 0 Å². The molecule has 0 aromatic rings. The summed E-state index contributed by atoms with van der Waals surface area (Å²) in [5, 5.41) is 3.55. The van der Waals surface area contributed by atoms with Gasteiger partial charge in [0.05, 0.1) is 0 Å². The van der Waals surface area contributed by atoms with Gasteiger partial charge in [-0.2, -0.15) is 11.8 Å². The van der Waals surface area contributed by atoms with Crippen molar-refractivity contribution in [1.29, 1.82) is 0 Å². The molecule has 0 spiro atoms. The van der Waals surface area contributed by atoms with E-state index in [0.717, 1.165) is 31.5 Å². The highest BCUT2D eigenvalue weighted by Crippen LogP contribution is 2.29. The third-order valence-electron chi connectivity index (χ3n) is 3.71. The molecule has 2 rings (SSSR count). The van der Waals surface area contributed by atoms with Gasteiger partial charge in [0.15, 0.2) is 5.96 Å². The maximum atomic E-state index is 4.43. The summed E-state index contributed by atoms with van der Waals surface area (Å²) in [5.41, 5.74) is 0. The van der Waals surface area contributed by atoms with E-state index in [1.807, 2.05) is 7.05 Å². The molecule has 0 atom stereocenters. The van der Waals surface area contributed by atoms with Crippen LogP contribution < -0.4 is 5.32 Å². The summed E-state index contributed by atoms with van der Waals surface area (Å²) in [6, 6.07) is 0. The minimum absolute atomic E-state index is 0.354. The van der Waals surface area contributed by atoms with Crippen molar-refractivity contribution in [1.82, 2.24) is 10.2 Å². The SMILES string of the molecule is CN=C(NCC1CCC1)N1CCSC(C)(C)C1. The quantitative estimate of drug-likeness (QED) is 0.605. The van der Waals surface area contributed by atoms with Gasteiger partial charge < -0.3 is 10.2 Å². The van der Waals surface area contributed by atoms with E-state index < -0.39 is 0 Å². The highest BCUT2D eigenvalue weighted by molar-refractivity contribution is 8.00. The maximum absolute atomic E-state index is 4.43. The molecule has 1 N–H and O–H groups in total. The number of guanidine groups is 1. The summed E-state index contributed by atoms with van der Waals surface area (Å²) in [7, 11) is 1.90. The van der Waals surface area contributed by atoms with Crippen molar-refractivity contribution in [3.05, 3.63) is 0 Å². The fraction of sp³-hybridized carbons (Fsp3) is 0.923. The largest absolute Gasteiger partial charge is 0.356 e. The molecule has 2 aliphatic rings. The van der Waals surface area contributed by atoms with Crippen LogP contribution in [0.2, 0.25) is 0 Å². The molecule has 2 fully saturated rings. The predicted octanol–water partition coefficient (Wildman–Crippen LogP) is 2.19. The third-order valence-corrected chi connectivity index (χ3v) is 5.01. The Morgan fingerprint density at radius 2 is 2.24 bits per heavy atom. The summed E-state index contributed by atoms with van der Waals surface area (Å²) in [4.78, 5) is 6.84. The van der Waals surface area contributed by atoms with Crippen LogP contribution in [0, 0.1) is 5.92 Å². The Kier molecular flexibility index (Phi) is 4.23. The van der Waals surface area contributed by atoms with Crippen molar-refractivity contribution in [3.8, 4) is 0 Å². The van der Waals surface area contributed by atoms with Crippen molar-refractivity contribution in [3.63, 3.8) is 0 Å². The van der Waals surface area contributed by atoms with E-state index in [-0.39, 0.29) is 0 Å². The number of hydrogen-bond acceptors (Lipinski definition) is 2. The molecule has 1 heterocycles. The van der Waals surface area contributed by atoms with Gasteiger partial charge in [-0.15, -0.1) is 0 Å². The van der Waals surface area contributed by atoms with Crippen LogP contribution in [0.5, 0.6) is 0 Å². The summed E-state index contributed by atoms with van der Waals surface area (Å²) in [6.07, 6.45) is 4.20. The molecule has 98 valence electrons. The normalized spacial score (nSPS) is 25.6. The molecule has 0 unspecified atom stereocenters. The van der Waals surface area contributed by atoms with Crippen molar-refractivity contribution >= 4 is 17.7 Å². The first-order valence-electron chi connectivity index (χ1n) is 6.70. The van der Waals surface area contributed by atoms with Gasteiger partial charge in [0.1, 0.15) is 0 Å². The van der Waals surface area contributed by atoms with Gasteiger partial charge in [-0.3, -0.25) is 4.99 Å². The first-order valence-corrected chi connectivity index (χ1v) is 7.69. The van der Waals surface area contributed by atoms with Crippen molar-refractivity contribution in [2.24, 2.45) is 10.9 Å². The van der Waals surface area contributed by atoms with Crippen LogP contribution in [0.25, 0.3) is 0 Å². The molecule has 1 saturated heterocycles. The molecular weight excluding hydrogens is 230 g/mol. The second-order valence-electron chi connectivity index (χ2n) is 5.75. The van der Waals surface area contributed by atoms with Gasteiger partial charge in [0, 0.05) is 37.2 Å². The number of hydrogen-bond donors (Lipinski definition) is 1. The molecule has 1 saturated carbocycles. The average Bonchev–Trinajstić information content (AvgIpc) is 2.20. The molecule has 4 heteroatoms. The number of aliphatic imine (C=N–C) groups is 1. The van der Waals surface area contributed by atoms with Crippen molar-refractivity contribution in [2.75, 3.05) is 32.4 Å². The lowest BCUT2D eigenvalue weighted by molar-refractivity contribution is 0.305. The number of thioether (sulfide) groups is 1. The van der Waals surface area contributed by atoms with Crippen molar-refractivity contribution < 1.29 is 0 Å². The van der Waals surface area contributed by atoms with Crippen LogP contribution in [0.1, 0.15) is 33.1 Å². The van der Waals surface area contributed by atoms with Gasteiger partial charge in [-0.1, -0.05) is 6.42 Å². The summed E-state index contributed by atoms with van der Waals surface area (Å²) in [6.45, 7) is 7.98. The van der Waals surface area contributed by atoms with E-state index >= 15 is 0 Å². The van der Waals surface area contributed by atoms with Crippen LogP contribution in [-0.4, -0.2) is 48.0 Å². The minimum atomic E-state index is 0.354. The second-order valence-corrected chi connectivity index (χ2v) is 7.56. The van der Waals surface area contributed by atoms with E-state index in [1.165, 1.54) is 25.0 Å². The van der Waals surface area contributed by atoms with Crippen LogP contribution >= 0.6 is 11.8 Å². The molecule has 0 amide bonds. The predicted molar refractivity (Wildman–Crippen MR) is 76.8 cm³/mol. The van der Waals surface area contributed by atoms with Gasteiger partial charge in [-0.25, -0.2) is 0 Å². The zero-order chi connectivity index (χ0) is 12.3. The van der Waals surface area contributed by atoms with E-state index in [4.69, 9.17) is 0 Å². The Bertz CT molecular complexity index is 284. The van der Waals surface area contributed by atoms with Gasteiger partial charge in [-0.05, 0) is 32.6 Å². The van der Waals surface area contributed by atoms with E-state index in [9.17, 15) is 0 Å². The lowest BCUT2D eigenvalue weighted by Gasteiger charge is -2.39. The van der Waals surface area contributed by atoms with Gasteiger partial charge in [0.2, 0.25) is 0 Å². The Hall–Kier alpha value is -0.380. The molecule has 17 heavy (non-hydrogen) atoms. The van der Waals surface area contributed by atoms with Crippen LogP contribution in [0.4, 0.5) is 0 Å². The first-order chi connectivity index (χ1) is 8.11. The maximum Gasteiger partial charge on any atom is 0.193 e. The fourth-order valence-corrected chi connectivity index (χ4v) is 3.57. The van der Waals surface area contributed by atoms with Gasteiger partial charge in [0.25, 0.3) is 0 Å². The monoisotopic (exact) mass is 255 g/mol. The molecule has 0 radical (unpaired) electrons. The van der Waals surface area contributed by atoms with E-state index in [2.05, 4.69) is 40.8 Å². The highest BCUT2D eigenvalue weighted by Gasteiger charge is 2.29. The molecule has 1 aliphatic carbocycles. The standard InChI is InChI=1S/C13H25N3S/c1-13(2)10-16(7-8-17-13)12(14-3)15-9-11-5-4-6-11/h11H,4-10H2,1-3H3,(H,14,15). The molecule has 1 aliphatic heterocycles. The van der Waals surface area contributed by atoms with Crippen molar-refractivity contribution in [2.45, 2.75) is 37.9 Å². The number of rotatable bonds is 2. The lowest BCUT2D eigenvalue weighted by atomic mass is 9.85. The third kappa shape index (κ3) is 3.54. The summed E-state index contributed by atoms with van der Waals surface area (Å²) < 4.78 is 0.354. The van der Waals surface area contributed by atoms with Crippen LogP contribution in [0.15, 0.2) is 4.99 Å². The zero-order valence-corrected chi connectivity index (χ0v) is 12.1. The first kappa shape index (κ1) is 13.1. The van der Waals surface area contributed by atoms with Crippen LogP contribution in [0.3, 0.4) is 0 Å². The smallest absolute Gasteiger partial charge is 0.193 e. The summed E-state index contributed by atoms with van der Waals surface area (Å²) >= 11 is 2.07. The topological polar surface area (TPSA) is 27.6 Å². The average molecular weight is 255 g/mol. The Balaban J connectivity index is 1.84. The highest BCUT2D eigenvalue weighted by atomic mass is 32.2. The van der Waals surface area contributed by atoms with Crippen LogP contribution in [-0.2, 0) is 0 Å². The zero-order valence-electron chi connectivity index (χ0n) is 11.3. The molecule has 0 bridgehead atoms. The van der Waals surface area contributed by atoms with E-state index in [1.54, 1.807) is 0 Å². The fourth-order valence-electron chi connectivity index (χ4n) is 2.46. The summed E-state index contributed by atoms with van der Waals surface area (Å²) in [5.74, 6) is 3.20. The lowest BCUT2D eigenvalue weighted by Crippen LogP contribution is -2.51. The number of nitrogens with one attached hydrogen (secondary N) is 1. The molecule has 0 aromatic heterocycles. The second kappa shape index (κ2) is 5.51. The minimum Gasteiger partial charge on any atom is -0.356 e. The Labute approximate surface area is 109 Å². The molecular formula is C13H25N3S. The Morgan fingerprint density at radius 3 is 2.76 bits per heavy atom. The molecule has 3 nitrogen and oxygen atoms in total. The Morgan fingerprint density at radius 1 is 1.47 bits per heavy atom. The van der Waals surface area contributed by atoms with E-state index in [0.29, 0.717) is 4.75 Å². The number of nitrogens with zero attached hydrogens (tertiary/aromatic N) is 2.